The molecule has 0 saturated heterocycles. The van der Waals surface area contributed by atoms with Gasteiger partial charge in [-0.05, 0) is 24.3 Å². The predicted molar refractivity (Wildman–Crippen MR) is 73.1 cm³/mol. The lowest BCUT2D eigenvalue weighted by Crippen LogP contribution is -3.00. The zero-order valence-electron chi connectivity index (χ0n) is 9.92. The fourth-order valence-corrected chi connectivity index (χ4v) is 2.66. The SMILES string of the molecule is Clc1ccc2n3c(ccc4ccccc43)c[n+]2c1.[Br-]. The molecule has 0 bridgehead atoms. The van der Waals surface area contributed by atoms with Crippen LogP contribution in [0.1, 0.15) is 0 Å². The molecule has 2 nitrogen and oxygen atoms in total. The number of imidazole rings is 1. The lowest BCUT2D eigenvalue weighted by molar-refractivity contribution is -0.509. The Balaban J connectivity index is 0.00000110. The first-order valence-electron chi connectivity index (χ1n) is 5.83. The molecule has 3 heterocycles. The molecule has 0 saturated carbocycles. The molecule has 0 aliphatic heterocycles. The van der Waals surface area contributed by atoms with Gasteiger partial charge in [0.25, 0.3) is 5.65 Å². The summed E-state index contributed by atoms with van der Waals surface area (Å²) in [7, 11) is 0. The molecule has 0 aliphatic carbocycles. The molecule has 0 atom stereocenters. The third-order valence-electron chi connectivity index (χ3n) is 3.29. The van der Waals surface area contributed by atoms with Crippen molar-refractivity contribution >= 4 is 33.7 Å². The van der Waals surface area contributed by atoms with Crippen LogP contribution in [-0.4, -0.2) is 4.40 Å². The van der Waals surface area contributed by atoms with Gasteiger partial charge in [0, 0.05) is 11.5 Å². The van der Waals surface area contributed by atoms with E-state index < -0.39 is 0 Å². The lowest BCUT2D eigenvalue weighted by atomic mass is 10.2. The van der Waals surface area contributed by atoms with Crippen LogP contribution < -0.4 is 21.4 Å². The molecule has 0 fully saturated rings. The number of nitrogens with zero attached hydrogens (tertiary/aromatic N) is 2. The minimum absolute atomic E-state index is 0. The highest BCUT2D eigenvalue weighted by Crippen LogP contribution is 2.19. The highest BCUT2D eigenvalue weighted by atomic mass is 79.9. The summed E-state index contributed by atoms with van der Waals surface area (Å²) in [6.07, 6.45) is 4.02. The highest BCUT2D eigenvalue weighted by molar-refractivity contribution is 6.30. The number of pyridine rings is 2. The Labute approximate surface area is 125 Å². The van der Waals surface area contributed by atoms with Gasteiger partial charge in [0.2, 0.25) is 0 Å². The molecule has 1 aromatic carbocycles. The lowest BCUT2D eigenvalue weighted by Gasteiger charge is -1.96. The van der Waals surface area contributed by atoms with Gasteiger partial charge in [-0.3, -0.25) is 0 Å². The summed E-state index contributed by atoms with van der Waals surface area (Å²) in [5.41, 5.74) is 3.49. The minimum atomic E-state index is 0. The number of rotatable bonds is 0. The Kier molecular flexibility index (Phi) is 2.96. The summed E-state index contributed by atoms with van der Waals surface area (Å²) < 4.78 is 4.30. The Hall–Kier alpha value is -1.58. The zero-order chi connectivity index (χ0) is 12.1. The third kappa shape index (κ3) is 1.81. The van der Waals surface area contributed by atoms with E-state index in [0.717, 1.165) is 16.2 Å². The maximum atomic E-state index is 6.03. The molecule has 19 heavy (non-hydrogen) atoms. The van der Waals surface area contributed by atoms with Gasteiger partial charge in [0.15, 0.2) is 5.52 Å². The van der Waals surface area contributed by atoms with E-state index in [1.165, 1.54) is 10.9 Å². The van der Waals surface area contributed by atoms with Crippen molar-refractivity contribution in [3.63, 3.8) is 0 Å². The van der Waals surface area contributed by atoms with Gasteiger partial charge in [-0.25, -0.2) is 4.40 Å². The predicted octanol–water partition coefficient (Wildman–Crippen LogP) is 0.489. The second kappa shape index (κ2) is 4.51. The molecule has 0 radical (unpaired) electrons. The summed E-state index contributed by atoms with van der Waals surface area (Å²) in [6, 6.07) is 16.6. The van der Waals surface area contributed by atoms with Crippen molar-refractivity contribution in [2.45, 2.75) is 0 Å². The number of fused-ring (bicyclic) bond motifs is 5. The molecule has 4 heteroatoms. The molecule has 94 valence electrons. The van der Waals surface area contributed by atoms with Gasteiger partial charge in [-0.2, -0.15) is 4.40 Å². The quantitative estimate of drug-likeness (QED) is 0.414. The van der Waals surface area contributed by atoms with Gasteiger partial charge >= 0.3 is 0 Å². The van der Waals surface area contributed by atoms with Crippen LogP contribution >= 0.6 is 11.6 Å². The van der Waals surface area contributed by atoms with Gasteiger partial charge < -0.3 is 17.0 Å². The molecular formula is C15H10BrClN2. The minimum Gasteiger partial charge on any atom is -1.00 e. The van der Waals surface area contributed by atoms with Crippen LogP contribution in [0.2, 0.25) is 5.02 Å². The normalized spacial score (nSPS) is 11.0. The molecule has 0 amide bonds. The number of halogens is 2. The van der Waals surface area contributed by atoms with Gasteiger partial charge in [-0.15, -0.1) is 0 Å². The second-order valence-corrected chi connectivity index (χ2v) is 4.83. The number of hydrogen-bond donors (Lipinski definition) is 0. The van der Waals surface area contributed by atoms with Gasteiger partial charge in [-0.1, -0.05) is 29.8 Å². The first kappa shape index (κ1) is 12.5. The fraction of sp³-hybridized carbons (Fsp3) is 0. The van der Waals surface area contributed by atoms with Crippen LogP contribution in [-0.2, 0) is 0 Å². The number of benzene rings is 1. The summed E-state index contributed by atoms with van der Waals surface area (Å²) in [4.78, 5) is 0. The van der Waals surface area contributed by atoms with Crippen molar-refractivity contribution in [2.24, 2.45) is 0 Å². The van der Waals surface area contributed by atoms with E-state index >= 15 is 0 Å². The van der Waals surface area contributed by atoms with Crippen LogP contribution in [0.15, 0.2) is 60.9 Å². The van der Waals surface area contributed by atoms with E-state index in [0.29, 0.717) is 0 Å². The van der Waals surface area contributed by atoms with Crippen LogP contribution in [0.3, 0.4) is 0 Å². The monoisotopic (exact) mass is 332 g/mol. The van der Waals surface area contributed by atoms with Crippen molar-refractivity contribution in [2.75, 3.05) is 0 Å². The Morgan fingerprint density at radius 1 is 0.895 bits per heavy atom. The van der Waals surface area contributed by atoms with E-state index in [-0.39, 0.29) is 17.0 Å². The van der Waals surface area contributed by atoms with E-state index in [9.17, 15) is 0 Å². The molecule has 0 aliphatic rings. The Morgan fingerprint density at radius 2 is 1.74 bits per heavy atom. The molecular weight excluding hydrogens is 324 g/mol. The average Bonchev–Trinajstić information content (AvgIpc) is 2.76. The zero-order valence-corrected chi connectivity index (χ0v) is 12.3. The van der Waals surface area contributed by atoms with Crippen molar-refractivity contribution in [3.05, 3.63) is 65.9 Å². The summed E-state index contributed by atoms with van der Waals surface area (Å²) >= 11 is 6.03. The smallest absolute Gasteiger partial charge is 0.291 e. The number of para-hydroxylation sites is 1. The van der Waals surface area contributed by atoms with Crippen molar-refractivity contribution in [1.82, 2.24) is 4.40 Å². The third-order valence-corrected chi connectivity index (χ3v) is 3.51. The molecule has 3 aromatic heterocycles. The summed E-state index contributed by atoms with van der Waals surface area (Å²) in [5.74, 6) is 0. The average molecular weight is 334 g/mol. The standard InChI is InChI=1S/C15H10ClN2.BrH/c16-12-6-8-15-17(9-12)10-13-7-5-11-3-1-2-4-14(11)18(13)15;/h1-10H;1H/q+1;/p-1. The van der Waals surface area contributed by atoms with Crippen LogP contribution in [0.5, 0.6) is 0 Å². The molecule has 4 rings (SSSR count). The van der Waals surface area contributed by atoms with Gasteiger partial charge in [0.05, 0.1) is 5.02 Å². The van der Waals surface area contributed by atoms with Crippen molar-refractivity contribution < 1.29 is 21.4 Å². The van der Waals surface area contributed by atoms with E-state index in [1.54, 1.807) is 0 Å². The molecule has 0 spiro atoms. The maximum absolute atomic E-state index is 6.03. The maximum Gasteiger partial charge on any atom is 0.291 e. The van der Waals surface area contributed by atoms with Crippen molar-refractivity contribution in [3.8, 4) is 0 Å². The van der Waals surface area contributed by atoms with E-state index in [2.05, 4.69) is 51.4 Å². The number of aromatic nitrogens is 2. The Morgan fingerprint density at radius 3 is 2.63 bits per heavy atom. The van der Waals surface area contributed by atoms with Crippen LogP contribution in [0.25, 0.3) is 22.1 Å². The largest absolute Gasteiger partial charge is 1.00 e. The van der Waals surface area contributed by atoms with E-state index in [4.69, 9.17) is 11.6 Å². The first-order chi connectivity index (χ1) is 8.83. The van der Waals surface area contributed by atoms with Crippen LogP contribution in [0, 0.1) is 0 Å². The summed E-state index contributed by atoms with van der Waals surface area (Å²) in [5, 5.41) is 1.98. The first-order valence-corrected chi connectivity index (χ1v) is 6.20. The fourth-order valence-electron chi connectivity index (χ4n) is 2.50. The molecule has 0 N–H and O–H groups in total. The topological polar surface area (TPSA) is 8.51 Å². The van der Waals surface area contributed by atoms with Gasteiger partial charge in [0.1, 0.15) is 17.9 Å². The van der Waals surface area contributed by atoms with E-state index in [1.807, 2.05) is 18.3 Å². The highest BCUT2D eigenvalue weighted by Gasteiger charge is 2.13. The van der Waals surface area contributed by atoms with Crippen LogP contribution in [0.4, 0.5) is 0 Å². The van der Waals surface area contributed by atoms with Crippen molar-refractivity contribution in [1.29, 1.82) is 0 Å². The second-order valence-electron chi connectivity index (χ2n) is 4.39. The number of hydrogen-bond acceptors (Lipinski definition) is 0. The molecule has 4 aromatic rings. The summed E-state index contributed by atoms with van der Waals surface area (Å²) in [6.45, 7) is 0. The Bertz CT molecular complexity index is 898. The molecule has 0 unspecified atom stereocenters.